The molecule has 4 rings (SSSR count). The number of halogens is 1. The molecule has 1 atom stereocenters. The molecule has 1 aromatic rings. The minimum Gasteiger partial charge on any atom is -0.399 e. The zero-order valence-corrected chi connectivity index (χ0v) is 15.0. The second-order valence-electron chi connectivity index (χ2n) is 7.74. The lowest BCUT2D eigenvalue weighted by molar-refractivity contribution is 0.00578. The molecule has 2 aliphatic heterocycles. The van der Waals surface area contributed by atoms with E-state index in [0.717, 1.165) is 17.5 Å². The lowest BCUT2D eigenvalue weighted by Gasteiger charge is -2.32. The summed E-state index contributed by atoms with van der Waals surface area (Å²) in [5, 5.41) is 0. The second kappa shape index (κ2) is 5.54. The fourth-order valence-corrected chi connectivity index (χ4v) is 3.40. The summed E-state index contributed by atoms with van der Waals surface area (Å²) in [5.74, 6) is -0.311. The van der Waals surface area contributed by atoms with Gasteiger partial charge in [0.25, 0.3) is 0 Å². The molecule has 0 aromatic carbocycles. The third kappa shape index (κ3) is 2.64. The minimum atomic E-state index is -0.362. The Bertz CT molecular complexity index is 784. The van der Waals surface area contributed by atoms with Crippen LogP contribution in [0.15, 0.2) is 53.9 Å². The van der Waals surface area contributed by atoms with Crippen LogP contribution < -0.4 is 4.90 Å². The first-order valence-corrected chi connectivity index (χ1v) is 8.62. The average molecular weight is 340 g/mol. The number of allylic oxidation sites excluding steroid dienone is 2. The summed E-state index contributed by atoms with van der Waals surface area (Å²) >= 11 is 0. The molecule has 4 nitrogen and oxygen atoms in total. The van der Waals surface area contributed by atoms with Gasteiger partial charge >= 0.3 is 7.12 Å². The van der Waals surface area contributed by atoms with E-state index < -0.39 is 0 Å². The summed E-state index contributed by atoms with van der Waals surface area (Å²) in [5.41, 5.74) is 2.01. The highest BCUT2D eigenvalue weighted by atomic mass is 19.1. The number of pyridine rings is 1. The van der Waals surface area contributed by atoms with Gasteiger partial charge < -0.3 is 14.2 Å². The Morgan fingerprint density at radius 3 is 2.64 bits per heavy atom. The van der Waals surface area contributed by atoms with Crippen LogP contribution in [0.4, 0.5) is 10.1 Å². The van der Waals surface area contributed by atoms with E-state index in [9.17, 15) is 4.39 Å². The van der Waals surface area contributed by atoms with Gasteiger partial charge in [0.05, 0.1) is 29.1 Å². The van der Waals surface area contributed by atoms with Crippen molar-refractivity contribution in [3.8, 4) is 0 Å². The van der Waals surface area contributed by atoms with E-state index in [1.807, 2.05) is 17.2 Å². The average Bonchev–Trinajstić information content (AvgIpc) is 3.05. The normalized spacial score (nSPS) is 26.5. The molecule has 0 amide bonds. The van der Waals surface area contributed by atoms with Gasteiger partial charge in [-0.15, -0.1) is 0 Å². The quantitative estimate of drug-likeness (QED) is 0.767. The van der Waals surface area contributed by atoms with Crippen LogP contribution in [-0.2, 0) is 9.31 Å². The standard InChI is InChI=1S/C19H22BFN2O2/c1-18(2)19(3,4)25-20(24-18)14-5-6-16-13(11-14)8-10-23(16)17-7-9-22-12-15(17)21/h5,7-12,16H,6H2,1-4H3. The Kier molecular flexibility index (Phi) is 3.67. The SMILES string of the molecule is CC1(C)OB(C2=CCC3C(=C2)C=CN3c2ccncc2F)OC1(C)C. The van der Waals surface area contributed by atoms with E-state index in [1.54, 1.807) is 12.3 Å². The number of fused-ring (bicyclic) bond motifs is 1. The zero-order chi connectivity index (χ0) is 17.8. The molecule has 0 bridgehead atoms. The third-order valence-electron chi connectivity index (χ3n) is 5.61. The van der Waals surface area contributed by atoms with Crippen molar-refractivity contribution in [2.45, 2.75) is 51.4 Å². The Labute approximate surface area is 148 Å². The summed E-state index contributed by atoms with van der Waals surface area (Å²) < 4.78 is 26.4. The molecule has 1 aromatic heterocycles. The largest absolute Gasteiger partial charge is 0.494 e. The Balaban J connectivity index is 1.56. The molecular formula is C19H22BFN2O2. The van der Waals surface area contributed by atoms with Crippen LogP contribution in [0.25, 0.3) is 0 Å². The predicted octanol–water partition coefficient (Wildman–Crippen LogP) is 3.81. The Hall–Kier alpha value is -1.92. The maximum Gasteiger partial charge on any atom is 0.494 e. The maximum atomic E-state index is 14.1. The summed E-state index contributed by atoms with van der Waals surface area (Å²) in [6.45, 7) is 8.21. The van der Waals surface area contributed by atoms with Crippen molar-refractivity contribution in [2.75, 3.05) is 4.90 Å². The van der Waals surface area contributed by atoms with Gasteiger partial charge in [0.15, 0.2) is 5.82 Å². The van der Waals surface area contributed by atoms with Gasteiger partial charge in [-0.2, -0.15) is 0 Å². The molecule has 130 valence electrons. The fraction of sp³-hybridized carbons (Fsp3) is 0.421. The first-order chi connectivity index (χ1) is 11.8. The van der Waals surface area contributed by atoms with Gasteiger partial charge in [-0.1, -0.05) is 12.2 Å². The van der Waals surface area contributed by atoms with Crippen molar-refractivity contribution in [3.05, 3.63) is 59.8 Å². The van der Waals surface area contributed by atoms with E-state index in [2.05, 4.69) is 44.8 Å². The summed E-state index contributed by atoms with van der Waals surface area (Å²) in [6.07, 6.45) is 11.8. The molecule has 3 heterocycles. The van der Waals surface area contributed by atoms with Gasteiger partial charge in [0, 0.05) is 12.4 Å². The molecule has 3 aliphatic rings. The van der Waals surface area contributed by atoms with Crippen LogP contribution in [0, 0.1) is 5.82 Å². The molecule has 25 heavy (non-hydrogen) atoms. The molecular weight excluding hydrogens is 318 g/mol. The van der Waals surface area contributed by atoms with E-state index in [1.165, 1.54) is 6.20 Å². The molecule has 0 spiro atoms. The van der Waals surface area contributed by atoms with Crippen molar-refractivity contribution in [1.29, 1.82) is 0 Å². The number of anilines is 1. The number of aromatic nitrogens is 1. The van der Waals surface area contributed by atoms with Crippen molar-refractivity contribution < 1.29 is 13.7 Å². The van der Waals surface area contributed by atoms with E-state index >= 15 is 0 Å². The lowest BCUT2D eigenvalue weighted by Crippen LogP contribution is -2.41. The van der Waals surface area contributed by atoms with Gasteiger partial charge in [0.2, 0.25) is 0 Å². The first-order valence-electron chi connectivity index (χ1n) is 8.62. The smallest absolute Gasteiger partial charge is 0.399 e. The molecule has 0 saturated carbocycles. The molecule has 1 saturated heterocycles. The molecule has 1 fully saturated rings. The highest BCUT2D eigenvalue weighted by molar-refractivity contribution is 6.55. The lowest BCUT2D eigenvalue weighted by atomic mass is 9.73. The van der Waals surface area contributed by atoms with Gasteiger partial charge in [-0.05, 0) is 57.3 Å². The van der Waals surface area contributed by atoms with Crippen LogP contribution in [0.1, 0.15) is 34.1 Å². The van der Waals surface area contributed by atoms with Crippen molar-refractivity contribution in [1.82, 2.24) is 4.98 Å². The number of hydrogen-bond donors (Lipinski definition) is 0. The Morgan fingerprint density at radius 2 is 1.96 bits per heavy atom. The van der Waals surface area contributed by atoms with Gasteiger partial charge in [-0.25, -0.2) is 4.39 Å². The number of nitrogens with zero attached hydrogens (tertiary/aromatic N) is 2. The number of rotatable bonds is 2. The summed E-state index contributed by atoms with van der Waals surface area (Å²) in [7, 11) is -0.362. The van der Waals surface area contributed by atoms with Crippen LogP contribution in [0.3, 0.4) is 0 Å². The van der Waals surface area contributed by atoms with Crippen LogP contribution in [0.5, 0.6) is 0 Å². The first kappa shape index (κ1) is 16.5. The second-order valence-corrected chi connectivity index (χ2v) is 7.74. The monoisotopic (exact) mass is 340 g/mol. The summed E-state index contributed by atoms with van der Waals surface area (Å²) in [4.78, 5) is 5.79. The summed E-state index contributed by atoms with van der Waals surface area (Å²) in [6, 6.07) is 1.80. The van der Waals surface area contributed by atoms with Crippen LogP contribution >= 0.6 is 0 Å². The van der Waals surface area contributed by atoms with Crippen molar-refractivity contribution in [2.24, 2.45) is 0 Å². The number of hydrogen-bond acceptors (Lipinski definition) is 4. The highest BCUT2D eigenvalue weighted by Crippen LogP contribution is 2.41. The van der Waals surface area contributed by atoms with Crippen molar-refractivity contribution >= 4 is 12.8 Å². The van der Waals surface area contributed by atoms with E-state index in [0.29, 0.717) is 5.69 Å². The molecule has 1 aliphatic carbocycles. The molecule has 1 unspecified atom stereocenters. The van der Waals surface area contributed by atoms with Gasteiger partial charge in [0.1, 0.15) is 0 Å². The highest BCUT2D eigenvalue weighted by Gasteiger charge is 2.52. The van der Waals surface area contributed by atoms with Crippen LogP contribution in [-0.4, -0.2) is 29.3 Å². The van der Waals surface area contributed by atoms with E-state index in [4.69, 9.17) is 9.31 Å². The predicted molar refractivity (Wildman–Crippen MR) is 96.5 cm³/mol. The van der Waals surface area contributed by atoms with Gasteiger partial charge in [-0.3, -0.25) is 4.98 Å². The topological polar surface area (TPSA) is 34.6 Å². The van der Waals surface area contributed by atoms with E-state index in [-0.39, 0.29) is 30.2 Å². The fourth-order valence-electron chi connectivity index (χ4n) is 3.40. The zero-order valence-electron chi connectivity index (χ0n) is 15.0. The minimum absolute atomic E-state index is 0.100. The maximum absolute atomic E-state index is 14.1. The van der Waals surface area contributed by atoms with Crippen LogP contribution in [0.2, 0.25) is 0 Å². The molecule has 0 N–H and O–H groups in total. The molecule has 0 radical (unpaired) electrons. The molecule has 6 heteroatoms. The third-order valence-corrected chi connectivity index (χ3v) is 5.61. The Morgan fingerprint density at radius 1 is 1.24 bits per heavy atom. The van der Waals surface area contributed by atoms with Crippen molar-refractivity contribution in [3.63, 3.8) is 0 Å².